The summed E-state index contributed by atoms with van der Waals surface area (Å²) in [7, 11) is 1.65. The fourth-order valence-electron chi connectivity index (χ4n) is 3.76. The minimum absolute atomic E-state index is 0.0184. The maximum Gasteiger partial charge on any atom is 0.267 e. The van der Waals surface area contributed by atoms with Crippen LogP contribution in [0.3, 0.4) is 0 Å². The van der Waals surface area contributed by atoms with Gasteiger partial charge < -0.3 is 9.64 Å². The van der Waals surface area contributed by atoms with Gasteiger partial charge in [0.1, 0.15) is 6.61 Å². The molecule has 0 amide bonds. The van der Waals surface area contributed by atoms with Gasteiger partial charge in [-0.25, -0.2) is 9.67 Å². The van der Waals surface area contributed by atoms with Crippen molar-refractivity contribution >= 4 is 16.7 Å². The summed E-state index contributed by atoms with van der Waals surface area (Å²) in [5.74, 6) is 0.720. The van der Waals surface area contributed by atoms with Gasteiger partial charge in [0.2, 0.25) is 5.13 Å². The quantitative estimate of drug-likeness (QED) is 0.808. The molecule has 0 bridgehead atoms. The minimum Gasteiger partial charge on any atom is -0.377 e. The molecule has 0 aromatic carbocycles. The number of anilines is 1. The molecule has 3 heterocycles. The number of fused-ring (bicyclic) bond motifs is 1. The van der Waals surface area contributed by atoms with Gasteiger partial charge in [-0.05, 0) is 44.1 Å². The van der Waals surface area contributed by atoms with Crippen molar-refractivity contribution in [1.29, 1.82) is 0 Å². The van der Waals surface area contributed by atoms with E-state index in [1.807, 2.05) is 0 Å². The Kier molecular flexibility index (Phi) is 4.80. The second-order valence-electron chi connectivity index (χ2n) is 6.76. The van der Waals surface area contributed by atoms with Gasteiger partial charge in [-0.2, -0.15) is 9.47 Å². The van der Waals surface area contributed by atoms with Crippen molar-refractivity contribution in [3.63, 3.8) is 0 Å². The third-order valence-corrected chi connectivity index (χ3v) is 5.80. The first-order chi connectivity index (χ1) is 12.2. The van der Waals surface area contributed by atoms with Gasteiger partial charge in [0, 0.05) is 31.3 Å². The van der Waals surface area contributed by atoms with Crippen LogP contribution in [0, 0.1) is 0 Å². The molecule has 0 spiro atoms. The van der Waals surface area contributed by atoms with Crippen LogP contribution in [0.4, 0.5) is 5.13 Å². The normalized spacial score (nSPS) is 20.0. The van der Waals surface area contributed by atoms with Gasteiger partial charge >= 0.3 is 0 Å². The smallest absolute Gasteiger partial charge is 0.267 e. The number of rotatable bonds is 5. The van der Waals surface area contributed by atoms with E-state index in [-0.39, 0.29) is 11.6 Å². The van der Waals surface area contributed by atoms with Crippen molar-refractivity contribution in [2.24, 2.45) is 0 Å². The fourth-order valence-corrected chi connectivity index (χ4v) is 4.53. The van der Waals surface area contributed by atoms with E-state index in [4.69, 9.17) is 4.74 Å². The van der Waals surface area contributed by atoms with E-state index < -0.39 is 0 Å². The lowest BCUT2D eigenvalue weighted by atomic mass is 9.97. The van der Waals surface area contributed by atoms with Crippen molar-refractivity contribution in [3.8, 4) is 0 Å². The van der Waals surface area contributed by atoms with Crippen molar-refractivity contribution < 1.29 is 4.74 Å². The highest BCUT2D eigenvalue weighted by atomic mass is 32.1. The van der Waals surface area contributed by atoms with Crippen LogP contribution < -0.4 is 10.5 Å². The molecule has 7 nitrogen and oxygen atoms in total. The molecule has 1 aliphatic heterocycles. The van der Waals surface area contributed by atoms with Crippen molar-refractivity contribution in [3.05, 3.63) is 33.5 Å². The molecular formula is C17H23N5O2S. The Bertz CT molecular complexity index is 803. The van der Waals surface area contributed by atoms with Gasteiger partial charge in [0.25, 0.3) is 5.56 Å². The maximum atomic E-state index is 12.5. The summed E-state index contributed by atoms with van der Waals surface area (Å²) < 4.78 is 11.1. The molecule has 8 heteroatoms. The summed E-state index contributed by atoms with van der Waals surface area (Å²) in [5.41, 5.74) is 2.27. The number of methoxy groups -OCH3 is 1. The van der Waals surface area contributed by atoms with Crippen LogP contribution in [-0.2, 0) is 30.7 Å². The molecule has 0 radical (unpaired) electrons. The molecule has 4 rings (SSSR count). The second-order valence-corrected chi connectivity index (χ2v) is 7.49. The van der Waals surface area contributed by atoms with Crippen LogP contribution in [0.15, 0.2) is 10.9 Å². The Morgan fingerprint density at radius 2 is 2.20 bits per heavy atom. The Balaban J connectivity index is 1.54. The van der Waals surface area contributed by atoms with Crippen molar-refractivity contribution in [2.75, 3.05) is 18.6 Å². The fraction of sp³-hybridized carbons (Fsp3) is 0.647. The lowest BCUT2D eigenvalue weighted by Crippen LogP contribution is -2.37. The molecule has 2 aromatic heterocycles. The first-order valence-electron chi connectivity index (χ1n) is 8.92. The van der Waals surface area contributed by atoms with E-state index in [9.17, 15) is 4.79 Å². The standard InChI is InChI=1S/C17H23N5O2S/c1-24-11-15-18-17(25-20-15)21-8-4-6-13(21)10-22-16(23)9-12-5-2-3-7-14(12)19-22/h9,13H,2-8,10-11H2,1H3. The predicted molar refractivity (Wildman–Crippen MR) is 96.1 cm³/mol. The molecule has 0 N–H and O–H groups in total. The van der Waals surface area contributed by atoms with Crippen molar-refractivity contribution in [2.45, 2.75) is 57.7 Å². The number of aryl methyl sites for hydroxylation is 2. The molecule has 0 saturated carbocycles. The number of aromatic nitrogens is 4. The number of nitrogens with zero attached hydrogens (tertiary/aromatic N) is 5. The zero-order valence-corrected chi connectivity index (χ0v) is 15.3. The van der Waals surface area contributed by atoms with Crippen LogP contribution in [0.25, 0.3) is 0 Å². The zero-order chi connectivity index (χ0) is 17.2. The SMILES string of the molecule is COCc1nsc(N2CCCC2Cn2nc3c(cc2=O)CCCC3)n1. The number of hydrogen-bond donors (Lipinski definition) is 0. The van der Waals surface area contributed by atoms with Crippen LogP contribution in [0.2, 0.25) is 0 Å². The number of ether oxygens (including phenoxy) is 1. The molecule has 1 fully saturated rings. The minimum atomic E-state index is 0.0184. The summed E-state index contributed by atoms with van der Waals surface area (Å²) in [6, 6.07) is 2.04. The molecular weight excluding hydrogens is 338 g/mol. The average molecular weight is 361 g/mol. The van der Waals surface area contributed by atoms with Crippen molar-refractivity contribution in [1.82, 2.24) is 19.1 Å². The Morgan fingerprint density at radius 3 is 3.08 bits per heavy atom. The molecule has 1 saturated heterocycles. The summed E-state index contributed by atoms with van der Waals surface area (Å²) in [4.78, 5) is 19.3. The molecule has 2 aliphatic rings. The van der Waals surface area contributed by atoms with Crippen LogP contribution in [0.1, 0.15) is 42.8 Å². The molecule has 1 unspecified atom stereocenters. The van der Waals surface area contributed by atoms with Crippen LogP contribution >= 0.6 is 11.5 Å². The molecule has 25 heavy (non-hydrogen) atoms. The summed E-state index contributed by atoms with van der Waals surface area (Å²) in [6.45, 7) is 2.00. The average Bonchev–Trinajstić information content (AvgIpc) is 3.25. The van der Waals surface area contributed by atoms with Gasteiger partial charge in [-0.15, -0.1) is 0 Å². The van der Waals surface area contributed by atoms with Gasteiger partial charge in [-0.3, -0.25) is 4.79 Å². The van der Waals surface area contributed by atoms with Gasteiger partial charge in [-0.1, -0.05) is 0 Å². The molecule has 134 valence electrons. The van der Waals surface area contributed by atoms with E-state index >= 15 is 0 Å². The lowest BCUT2D eigenvalue weighted by Gasteiger charge is -2.24. The van der Waals surface area contributed by atoms with E-state index in [0.29, 0.717) is 13.2 Å². The Labute approximate surface area is 150 Å². The molecule has 1 atom stereocenters. The lowest BCUT2D eigenvalue weighted by molar-refractivity contribution is 0.179. The number of hydrogen-bond acceptors (Lipinski definition) is 7. The van der Waals surface area contributed by atoms with E-state index in [1.165, 1.54) is 18.0 Å². The second kappa shape index (κ2) is 7.21. The first-order valence-corrected chi connectivity index (χ1v) is 9.70. The topological polar surface area (TPSA) is 73.1 Å². The molecule has 1 aliphatic carbocycles. The van der Waals surface area contributed by atoms with E-state index in [1.54, 1.807) is 17.9 Å². The molecule has 2 aromatic rings. The highest BCUT2D eigenvalue weighted by Gasteiger charge is 2.28. The van der Waals surface area contributed by atoms with Gasteiger partial charge in [0.15, 0.2) is 5.82 Å². The van der Waals surface area contributed by atoms with E-state index in [2.05, 4.69) is 19.4 Å². The van der Waals surface area contributed by atoms with Crippen LogP contribution in [0.5, 0.6) is 0 Å². The monoisotopic (exact) mass is 361 g/mol. The third kappa shape index (κ3) is 3.46. The summed E-state index contributed by atoms with van der Waals surface area (Å²) in [5, 5.41) is 5.58. The first kappa shape index (κ1) is 16.7. The maximum absolute atomic E-state index is 12.5. The van der Waals surface area contributed by atoms with E-state index in [0.717, 1.165) is 60.9 Å². The highest BCUT2D eigenvalue weighted by molar-refractivity contribution is 7.09. The Morgan fingerprint density at radius 1 is 1.32 bits per heavy atom. The summed E-state index contributed by atoms with van der Waals surface area (Å²) in [6.07, 6.45) is 6.45. The third-order valence-electron chi connectivity index (χ3n) is 5.01. The Hall–Kier alpha value is -1.80. The largest absolute Gasteiger partial charge is 0.377 e. The van der Waals surface area contributed by atoms with Gasteiger partial charge in [0.05, 0.1) is 18.3 Å². The zero-order valence-electron chi connectivity index (χ0n) is 14.5. The predicted octanol–water partition coefficient (Wildman–Crippen LogP) is 1.79. The van der Waals surface area contributed by atoms with Crippen LogP contribution in [-0.4, -0.2) is 38.8 Å². The highest BCUT2D eigenvalue weighted by Crippen LogP contribution is 2.28. The summed E-state index contributed by atoms with van der Waals surface area (Å²) >= 11 is 1.41.